The van der Waals surface area contributed by atoms with E-state index in [1.165, 1.54) is 20.1 Å². The van der Waals surface area contributed by atoms with Gasteiger partial charge in [-0.3, -0.25) is 0 Å². The third kappa shape index (κ3) is 2.93. The van der Waals surface area contributed by atoms with Crippen molar-refractivity contribution < 1.29 is 9.53 Å². The first-order valence-corrected chi connectivity index (χ1v) is 7.48. The molecule has 0 aromatic carbocycles. The molecule has 2 aromatic heterocycles. The first-order chi connectivity index (χ1) is 10.2. The summed E-state index contributed by atoms with van der Waals surface area (Å²) in [5.74, 6) is 0.367. The van der Waals surface area contributed by atoms with Crippen LogP contribution in [0, 0.1) is 5.92 Å². The highest BCUT2D eigenvalue weighted by Gasteiger charge is 2.22. The fraction of sp³-hybridized carbons (Fsp3) is 0.500. The summed E-state index contributed by atoms with van der Waals surface area (Å²) in [6.45, 7) is 5.70. The second kappa shape index (κ2) is 5.85. The highest BCUT2D eigenvalue weighted by Crippen LogP contribution is 2.20. The molecule has 1 unspecified atom stereocenters. The summed E-state index contributed by atoms with van der Waals surface area (Å²) < 4.78 is 6.71. The van der Waals surface area contributed by atoms with Crippen molar-refractivity contribution in [1.82, 2.24) is 14.3 Å². The Balaban J connectivity index is 1.76. The molecule has 3 rings (SSSR count). The molecule has 0 bridgehead atoms. The molecule has 0 aliphatic carbocycles. The fourth-order valence-corrected chi connectivity index (χ4v) is 3.04. The minimum atomic E-state index is -0.323. The fourth-order valence-electron chi connectivity index (χ4n) is 3.04. The quantitative estimate of drug-likeness (QED) is 0.807. The van der Waals surface area contributed by atoms with Gasteiger partial charge in [-0.25, -0.2) is 9.78 Å². The van der Waals surface area contributed by atoms with Gasteiger partial charge >= 0.3 is 5.97 Å². The van der Waals surface area contributed by atoms with Crippen LogP contribution in [0.25, 0.3) is 5.65 Å². The van der Waals surface area contributed by atoms with Crippen LogP contribution in [-0.4, -0.2) is 47.0 Å². The minimum absolute atomic E-state index is 0.323. The third-order valence-electron chi connectivity index (χ3n) is 4.25. The predicted molar refractivity (Wildman–Crippen MR) is 80.5 cm³/mol. The van der Waals surface area contributed by atoms with E-state index in [0.717, 1.165) is 30.9 Å². The van der Waals surface area contributed by atoms with Crippen LogP contribution in [0.1, 0.15) is 29.4 Å². The van der Waals surface area contributed by atoms with E-state index in [-0.39, 0.29) is 5.97 Å². The molecular weight excluding hydrogens is 266 g/mol. The number of nitrogens with zero attached hydrogens (tertiary/aromatic N) is 3. The maximum Gasteiger partial charge on any atom is 0.338 e. The second-order valence-corrected chi connectivity index (χ2v) is 5.66. The summed E-state index contributed by atoms with van der Waals surface area (Å²) >= 11 is 0. The standard InChI is InChI=1S/C16H21N3O2/c1-3-18-6-4-12(10-18)8-14-11-19-7-5-13(16(20)21-2)9-15(19)17-14/h5,7,9,11-12H,3-4,6,8,10H2,1-2H3. The van der Waals surface area contributed by atoms with Crippen LogP contribution in [0.5, 0.6) is 0 Å². The van der Waals surface area contributed by atoms with Crippen LogP contribution in [0.4, 0.5) is 0 Å². The summed E-state index contributed by atoms with van der Waals surface area (Å²) in [4.78, 5) is 18.7. The summed E-state index contributed by atoms with van der Waals surface area (Å²) in [6.07, 6.45) is 6.18. The number of fused-ring (bicyclic) bond motifs is 1. The van der Waals surface area contributed by atoms with Crippen molar-refractivity contribution in [2.24, 2.45) is 5.92 Å². The molecule has 0 radical (unpaired) electrons. The maximum absolute atomic E-state index is 11.5. The van der Waals surface area contributed by atoms with Gasteiger partial charge in [-0.05, 0) is 44.0 Å². The van der Waals surface area contributed by atoms with E-state index < -0.39 is 0 Å². The Morgan fingerprint density at radius 3 is 3.10 bits per heavy atom. The minimum Gasteiger partial charge on any atom is -0.465 e. The van der Waals surface area contributed by atoms with E-state index >= 15 is 0 Å². The number of imidazole rings is 1. The van der Waals surface area contributed by atoms with Crippen LogP contribution in [0.15, 0.2) is 24.5 Å². The number of methoxy groups -OCH3 is 1. The van der Waals surface area contributed by atoms with Crippen molar-refractivity contribution in [3.8, 4) is 0 Å². The van der Waals surface area contributed by atoms with E-state index in [1.807, 2.05) is 10.6 Å². The Morgan fingerprint density at radius 1 is 1.52 bits per heavy atom. The van der Waals surface area contributed by atoms with Gasteiger partial charge in [0.2, 0.25) is 0 Å². The molecule has 0 amide bonds. The zero-order chi connectivity index (χ0) is 14.8. The lowest BCUT2D eigenvalue weighted by Crippen LogP contribution is -2.20. The first kappa shape index (κ1) is 14.1. The first-order valence-electron chi connectivity index (χ1n) is 7.48. The molecule has 1 aliphatic rings. The van der Waals surface area contributed by atoms with Gasteiger partial charge in [-0.2, -0.15) is 0 Å². The number of likely N-dealkylation sites (tertiary alicyclic amines) is 1. The zero-order valence-electron chi connectivity index (χ0n) is 12.6. The SMILES string of the molecule is CCN1CCC(Cc2cn3ccc(C(=O)OC)cc3n2)C1. The van der Waals surface area contributed by atoms with Gasteiger partial charge in [0.1, 0.15) is 5.65 Å². The molecule has 2 aromatic rings. The number of hydrogen-bond donors (Lipinski definition) is 0. The third-order valence-corrected chi connectivity index (χ3v) is 4.25. The van der Waals surface area contributed by atoms with Crippen LogP contribution in [-0.2, 0) is 11.2 Å². The number of esters is 1. The molecule has 21 heavy (non-hydrogen) atoms. The number of ether oxygens (including phenoxy) is 1. The average Bonchev–Trinajstić information content (AvgIpc) is 3.11. The summed E-state index contributed by atoms with van der Waals surface area (Å²) in [5, 5.41) is 0. The predicted octanol–water partition coefficient (Wildman–Crippen LogP) is 2.01. The lowest BCUT2D eigenvalue weighted by Gasteiger charge is -2.11. The number of carbonyl (C=O) groups is 1. The van der Waals surface area contributed by atoms with E-state index in [9.17, 15) is 4.79 Å². The van der Waals surface area contributed by atoms with Gasteiger partial charge < -0.3 is 14.0 Å². The molecule has 5 nitrogen and oxygen atoms in total. The van der Waals surface area contributed by atoms with Gasteiger partial charge in [-0.1, -0.05) is 6.92 Å². The summed E-state index contributed by atoms with van der Waals surface area (Å²) in [7, 11) is 1.39. The topological polar surface area (TPSA) is 46.8 Å². The second-order valence-electron chi connectivity index (χ2n) is 5.66. The molecule has 1 saturated heterocycles. The smallest absolute Gasteiger partial charge is 0.338 e. The number of aromatic nitrogens is 2. The molecule has 3 heterocycles. The Hall–Kier alpha value is -1.88. The van der Waals surface area contributed by atoms with Crippen LogP contribution < -0.4 is 0 Å². The van der Waals surface area contributed by atoms with Crippen molar-refractivity contribution in [2.75, 3.05) is 26.7 Å². The van der Waals surface area contributed by atoms with Gasteiger partial charge in [-0.15, -0.1) is 0 Å². The monoisotopic (exact) mass is 287 g/mol. The van der Waals surface area contributed by atoms with E-state index in [0.29, 0.717) is 11.5 Å². The number of hydrogen-bond acceptors (Lipinski definition) is 4. The molecule has 0 spiro atoms. The largest absolute Gasteiger partial charge is 0.465 e. The Kier molecular flexibility index (Phi) is 3.92. The molecule has 112 valence electrons. The number of rotatable bonds is 4. The highest BCUT2D eigenvalue weighted by molar-refractivity contribution is 5.90. The Morgan fingerprint density at radius 2 is 2.38 bits per heavy atom. The number of carbonyl (C=O) groups excluding carboxylic acids is 1. The lowest BCUT2D eigenvalue weighted by molar-refractivity contribution is 0.0600. The van der Waals surface area contributed by atoms with Crippen molar-refractivity contribution in [3.05, 3.63) is 35.8 Å². The number of pyridine rings is 1. The van der Waals surface area contributed by atoms with Gasteiger partial charge in [0, 0.05) is 18.9 Å². The molecule has 0 N–H and O–H groups in total. The normalized spacial score (nSPS) is 19.2. The molecule has 5 heteroatoms. The maximum atomic E-state index is 11.5. The Bertz CT molecular complexity index is 650. The molecule has 1 aliphatic heterocycles. The Labute approximate surface area is 124 Å². The van der Waals surface area contributed by atoms with E-state index in [1.54, 1.807) is 12.1 Å². The summed E-state index contributed by atoms with van der Waals surface area (Å²) in [6, 6.07) is 3.54. The van der Waals surface area contributed by atoms with Gasteiger partial charge in [0.05, 0.1) is 18.4 Å². The van der Waals surface area contributed by atoms with Crippen molar-refractivity contribution >= 4 is 11.6 Å². The van der Waals surface area contributed by atoms with Crippen LogP contribution in [0.2, 0.25) is 0 Å². The molecular formula is C16H21N3O2. The van der Waals surface area contributed by atoms with Crippen molar-refractivity contribution in [2.45, 2.75) is 19.8 Å². The van der Waals surface area contributed by atoms with Crippen LogP contribution >= 0.6 is 0 Å². The van der Waals surface area contributed by atoms with Crippen molar-refractivity contribution in [1.29, 1.82) is 0 Å². The zero-order valence-corrected chi connectivity index (χ0v) is 12.6. The van der Waals surface area contributed by atoms with Crippen molar-refractivity contribution in [3.63, 3.8) is 0 Å². The van der Waals surface area contributed by atoms with Crippen LogP contribution in [0.3, 0.4) is 0 Å². The summed E-state index contributed by atoms with van der Waals surface area (Å²) in [5.41, 5.74) is 2.44. The average molecular weight is 287 g/mol. The van der Waals surface area contributed by atoms with Gasteiger partial charge in [0.15, 0.2) is 0 Å². The molecule has 1 atom stereocenters. The molecule has 0 saturated carbocycles. The highest BCUT2D eigenvalue weighted by atomic mass is 16.5. The lowest BCUT2D eigenvalue weighted by atomic mass is 10.0. The molecule has 1 fully saturated rings. The van der Waals surface area contributed by atoms with E-state index in [4.69, 9.17) is 4.74 Å². The van der Waals surface area contributed by atoms with E-state index in [2.05, 4.69) is 23.0 Å². The van der Waals surface area contributed by atoms with Gasteiger partial charge in [0.25, 0.3) is 0 Å².